The summed E-state index contributed by atoms with van der Waals surface area (Å²) in [6.07, 6.45) is 0.787. The number of aromatic nitrogens is 2. The molecule has 1 heterocycles. The van der Waals surface area contributed by atoms with E-state index in [2.05, 4.69) is 15.3 Å². The van der Waals surface area contributed by atoms with Crippen molar-refractivity contribution < 1.29 is 9.53 Å². The summed E-state index contributed by atoms with van der Waals surface area (Å²) in [5.74, 6) is 1.16. The minimum atomic E-state index is -0.00197. The molecular weight excluding hydrogens is 346 g/mol. The van der Waals surface area contributed by atoms with Gasteiger partial charge in [0, 0.05) is 6.54 Å². The van der Waals surface area contributed by atoms with Crippen LogP contribution in [0.25, 0.3) is 11.0 Å². The number of carbonyl (C=O) groups is 1. The number of carbonyl (C=O) groups excluding carboxylic acids is 1. The monoisotopic (exact) mass is 367 g/mol. The highest BCUT2D eigenvalue weighted by Gasteiger charge is 2.08. The standard InChI is InChI=1S/C20H21N3O2S/c1-14-20(23-18-6-4-3-5-17(18)22-14)26-13-19(24)21-12-11-15-7-9-16(25-2)10-8-15/h3-10H,11-13H2,1-2H3,(H,21,24). The number of aryl methyl sites for hydroxylation is 1. The molecule has 0 radical (unpaired) electrons. The van der Waals surface area contributed by atoms with Gasteiger partial charge in [0.2, 0.25) is 5.91 Å². The molecule has 5 nitrogen and oxygen atoms in total. The van der Waals surface area contributed by atoms with Crippen molar-refractivity contribution in [1.82, 2.24) is 15.3 Å². The molecule has 0 unspecified atom stereocenters. The summed E-state index contributed by atoms with van der Waals surface area (Å²) in [5, 5.41) is 3.75. The smallest absolute Gasteiger partial charge is 0.230 e. The van der Waals surface area contributed by atoms with Gasteiger partial charge in [-0.25, -0.2) is 9.97 Å². The lowest BCUT2D eigenvalue weighted by atomic mass is 10.1. The van der Waals surface area contributed by atoms with Crippen LogP contribution in [0.1, 0.15) is 11.3 Å². The Morgan fingerprint density at radius 2 is 1.77 bits per heavy atom. The van der Waals surface area contributed by atoms with Crippen LogP contribution in [-0.4, -0.2) is 35.3 Å². The van der Waals surface area contributed by atoms with Crippen molar-refractivity contribution >= 4 is 28.7 Å². The molecule has 0 saturated heterocycles. The third kappa shape index (κ3) is 4.73. The van der Waals surface area contributed by atoms with Crippen molar-refractivity contribution in [2.45, 2.75) is 18.4 Å². The topological polar surface area (TPSA) is 64.1 Å². The van der Waals surface area contributed by atoms with Crippen LogP contribution in [-0.2, 0) is 11.2 Å². The number of methoxy groups -OCH3 is 1. The van der Waals surface area contributed by atoms with E-state index in [0.29, 0.717) is 12.3 Å². The first-order valence-corrected chi connectivity index (χ1v) is 9.40. The van der Waals surface area contributed by atoms with Crippen molar-refractivity contribution in [2.24, 2.45) is 0 Å². The molecule has 134 valence electrons. The normalized spacial score (nSPS) is 10.7. The minimum Gasteiger partial charge on any atom is -0.497 e. The highest BCUT2D eigenvalue weighted by Crippen LogP contribution is 2.21. The molecule has 0 spiro atoms. The second-order valence-electron chi connectivity index (χ2n) is 5.84. The minimum absolute atomic E-state index is 0.00197. The van der Waals surface area contributed by atoms with Crippen molar-refractivity contribution in [2.75, 3.05) is 19.4 Å². The van der Waals surface area contributed by atoms with E-state index in [1.807, 2.05) is 55.5 Å². The Balaban J connectivity index is 1.48. The summed E-state index contributed by atoms with van der Waals surface area (Å²) in [7, 11) is 1.65. The molecule has 0 fully saturated rings. The summed E-state index contributed by atoms with van der Waals surface area (Å²) < 4.78 is 5.14. The summed E-state index contributed by atoms with van der Waals surface area (Å²) in [6, 6.07) is 15.6. The van der Waals surface area contributed by atoms with Gasteiger partial charge in [-0.1, -0.05) is 36.0 Å². The van der Waals surface area contributed by atoms with Crippen molar-refractivity contribution in [1.29, 1.82) is 0 Å². The van der Waals surface area contributed by atoms with Crippen LogP contribution in [0.15, 0.2) is 53.6 Å². The van der Waals surface area contributed by atoms with Gasteiger partial charge in [0.15, 0.2) is 0 Å². The maximum atomic E-state index is 12.1. The van der Waals surface area contributed by atoms with Crippen molar-refractivity contribution in [3.05, 3.63) is 59.8 Å². The Bertz CT molecular complexity index is 897. The zero-order valence-corrected chi connectivity index (χ0v) is 15.7. The molecule has 26 heavy (non-hydrogen) atoms. The predicted octanol–water partition coefficient (Wildman–Crippen LogP) is 3.40. The fourth-order valence-electron chi connectivity index (χ4n) is 2.53. The van der Waals surface area contributed by atoms with Crippen LogP contribution in [0.5, 0.6) is 5.75 Å². The van der Waals surface area contributed by atoms with Gasteiger partial charge in [0.25, 0.3) is 0 Å². The number of nitrogens with zero attached hydrogens (tertiary/aromatic N) is 2. The molecule has 0 atom stereocenters. The fraction of sp³-hybridized carbons (Fsp3) is 0.250. The molecule has 3 rings (SSSR count). The average molecular weight is 367 g/mol. The van der Waals surface area contributed by atoms with E-state index in [1.54, 1.807) is 7.11 Å². The van der Waals surface area contributed by atoms with E-state index in [-0.39, 0.29) is 5.91 Å². The number of benzene rings is 2. The Morgan fingerprint density at radius 1 is 1.08 bits per heavy atom. The Kier molecular flexibility index (Phi) is 6.07. The maximum Gasteiger partial charge on any atom is 0.230 e. The maximum absolute atomic E-state index is 12.1. The Hall–Kier alpha value is -2.60. The molecule has 1 N–H and O–H groups in total. The van der Waals surface area contributed by atoms with Crippen LogP contribution in [0.2, 0.25) is 0 Å². The van der Waals surface area contributed by atoms with Gasteiger partial charge in [-0.05, 0) is 43.2 Å². The first-order valence-electron chi connectivity index (χ1n) is 8.41. The average Bonchev–Trinajstić information content (AvgIpc) is 2.67. The molecule has 0 saturated carbocycles. The van der Waals surface area contributed by atoms with Gasteiger partial charge in [0.05, 0.1) is 29.6 Å². The molecule has 1 amide bonds. The number of thioether (sulfide) groups is 1. The summed E-state index contributed by atoms with van der Waals surface area (Å²) in [4.78, 5) is 21.2. The number of amides is 1. The van der Waals surface area contributed by atoms with E-state index in [4.69, 9.17) is 4.74 Å². The Morgan fingerprint density at radius 3 is 2.46 bits per heavy atom. The summed E-state index contributed by atoms with van der Waals surface area (Å²) >= 11 is 1.42. The second kappa shape index (κ2) is 8.67. The summed E-state index contributed by atoms with van der Waals surface area (Å²) in [5.41, 5.74) is 3.73. The van der Waals surface area contributed by atoms with E-state index < -0.39 is 0 Å². The largest absolute Gasteiger partial charge is 0.497 e. The van der Waals surface area contributed by atoms with Gasteiger partial charge >= 0.3 is 0 Å². The number of para-hydroxylation sites is 2. The number of ether oxygens (including phenoxy) is 1. The van der Waals surface area contributed by atoms with Gasteiger partial charge in [-0.2, -0.15) is 0 Å². The lowest BCUT2D eigenvalue weighted by Gasteiger charge is -2.08. The zero-order valence-electron chi connectivity index (χ0n) is 14.9. The van der Waals surface area contributed by atoms with E-state index in [9.17, 15) is 4.79 Å². The predicted molar refractivity (Wildman–Crippen MR) is 105 cm³/mol. The van der Waals surface area contributed by atoms with Crippen LogP contribution in [0.3, 0.4) is 0 Å². The first kappa shape index (κ1) is 18.2. The van der Waals surface area contributed by atoms with Crippen molar-refractivity contribution in [3.8, 4) is 5.75 Å². The molecule has 0 aliphatic rings. The van der Waals surface area contributed by atoms with Crippen LogP contribution < -0.4 is 10.1 Å². The SMILES string of the molecule is COc1ccc(CCNC(=O)CSc2nc3ccccc3nc2C)cc1. The molecular formula is C20H21N3O2S. The van der Waals surface area contributed by atoms with Crippen LogP contribution >= 0.6 is 11.8 Å². The summed E-state index contributed by atoms with van der Waals surface area (Å²) in [6.45, 7) is 2.53. The molecule has 2 aromatic carbocycles. The number of rotatable bonds is 7. The van der Waals surface area contributed by atoms with E-state index in [0.717, 1.165) is 39.5 Å². The molecule has 6 heteroatoms. The molecule has 0 aliphatic heterocycles. The molecule has 3 aromatic rings. The number of hydrogen-bond donors (Lipinski definition) is 1. The van der Waals surface area contributed by atoms with Gasteiger partial charge in [0.1, 0.15) is 10.8 Å². The number of nitrogens with one attached hydrogen (secondary N) is 1. The Labute approximate surface area is 157 Å². The third-order valence-corrected chi connectivity index (χ3v) is 5.00. The molecule has 0 aliphatic carbocycles. The lowest BCUT2D eigenvalue weighted by molar-refractivity contribution is -0.118. The van der Waals surface area contributed by atoms with Gasteiger partial charge in [-0.3, -0.25) is 4.79 Å². The first-order chi connectivity index (χ1) is 12.7. The van der Waals surface area contributed by atoms with Crippen LogP contribution in [0, 0.1) is 6.92 Å². The quantitative estimate of drug-likeness (QED) is 0.649. The zero-order chi connectivity index (χ0) is 18.4. The van der Waals surface area contributed by atoms with Gasteiger partial charge < -0.3 is 10.1 Å². The highest BCUT2D eigenvalue weighted by atomic mass is 32.2. The fourth-order valence-corrected chi connectivity index (χ4v) is 3.32. The highest BCUT2D eigenvalue weighted by molar-refractivity contribution is 7.99. The third-order valence-electron chi connectivity index (χ3n) is 3.94. The van der Waals surface area contributed by atoms with Crippen molar-refractivity contribution in [3.63, 3.8) is 0 Å². The van der Waals surface area contributed by atoms with E-state index >= 15 is 0 Å². The molecule has 1 aromatic heterocycles. The van der Waals surface area contributed by atoms with Crippen LogP contribution in [0.4, 0.5) is 0 Å². The van der Waals surface area contributed by atoms with E-state index in [1.165, 1.54) is 11.8 Å². The van der Waals surface area contributed by atoms with Gasteiger partial charge in [-0.15, -0.1) is 0 Å². The number of fused-ring (bicyclic) bond motifs is 1. The molecule has 0 bridgehead atoms. The number of hydrogen-bond acceptors (Lipinski definition) is 5. The lowest BCUT2D eigenvalue weighted by Crippen LogP contribution is -2.27. The second-order valence-corrected chi connectivity index (χ2v) is 6.80.